The van der Waals surface area contributed by atoms with Crippen molar-refractivity contribution < 1.29 is 4.79 Å². The Balaban J connectivity index is 1.51. The highest BCUT2D eigenvalue weighted by molar-refractivity contribution is 7.15. The van der Waals surface area contributed by atoms with E-state index in [1.54, 1.807) is 11.3 Å². The van der Waals surface area contributed by atoms with Crippen molar-refractivity contribution in [2.75, 3.05) is 0 Å². The van der Waals surface area contributed by atoms with Gasteiger partial charge in [-0.05, 0) is 25.7 Å². The van der Waals surface area contributed by atoms with Crippen molar-refractivity contribution in [2.24, 2.45) is 5.92 Å². The molecule has 2 N–H and O–H groups in total. The van der Waals surface area contributed by atoms with Crippen molar-refractivity contribution in [1.82, 2.24) is 20.0 Å². The van der Waals surface area contributed by atoms with Crippen LogP contribution in [0.2, 0.25) is 0 Å². The van der Waals surface area contributed by atoms with E-state index in [2.05, 4.69) is 22.5 Å². The van der Waals surface area contributed by atoms with E-state index in [1.165, 1.54) is 12.8 Å². The number of thiazole rings is 1. The number of fused-ring (bicyclic) bond motifs is 1. The van der Waals surface area contributed by atoms with Crippen LogP contribution in [0.25, 0.3) is 4.96 Å². The van der Waals surface area contributed by atoms with Gasteiger partial charge in [0.2, 0.25) is 0 Å². The lowest BCUT2D eigenvalue weighted by Crippen LogP contribution is -2.41. The second kappa shape index (κ2) is 4.61. The molecule has 6 heteroatoms. The summed E-state index contributed by atoms with van der Waals surface area (Å²) in [5, 5.41) is 7.79. The lowest BCUT2D eigenvalue weighted by Gasteiger charge is -2.12. The quantitative estimate of drug-likeness (QED) is 0.887. The fraction of sp³-hybridized carbons (Fsp3) is 0.500. The van der Waals surface area contributed by atoms with Gasteiger partial charge in [-0.15, -0.1) is 11.3 Å². The number of rotatable bonds is 4. The fourth-order valence-corrected chi connectivity index (χ4v) is 2.72. The minimum Gasteiger partial charge on any atom is -0.335 e. The third-order valence-electron chi connectivity index (χ3n) is 3.26. The molecular weight excluding hydrogens is 248 g/mol. The molecule has 18 heavy (non-hydrogen) atoms. The summed E-state index contributed by atoms with van der Waals surface area (Å²) in [4.78, 5) is 17.0. The van der Waals surface area contributed by atoms with Crippen molar-refractivity contribution in [3.8, 4) is 0 Å². The molecule has 5 nitrogen and oxygen atoms in total. The minimum absolute atomic E-state index is 0.106. The molecule has 0 aliphatic heterocycles. The summed E-state index contributed by atoms with van der Waals surface area (Å²) in [6, 6.07) is 0.168. The Hall–Kier alpha value is -1.56. The van der Waals surface area contributed by atoms with Crippen LogP contribution >= 0.6 is 11.3 Å². The third-order valence-corrected chi connectivity index (χ3v) is 4.03. The maximum atomic E-state index is 11.7. The van der Waals surface area contributed by atoms with Crippen molar-refractivity contribution >= 4 is 22.3 Å². The van der Waals surface area contributed by atoms with Crippen LogP contribution in [-0.2, 0) is 6.54 Å². The highest BCUT2D eigenvalue weighted by Gasteiger charge is 2.28. The average Bonchev–Trinajstić information content (AvgIpc) is 2.98. The van der Waals surface area contributed by atoms with Gasteiger partial charge in [-0.25, -0.2) is 9.78 Å². The molecule has 0 radical (unpaired) electrons. The van der Waals surface area contributed by atoms with Gasteiger partial charge in [0.05, 0.1) is 12.2 Å². The molecule has 1 unspecified atom stereocenters. The Kier molecular flexibility index (Phi) is 2.95. The number of aromatic nitrogens is 2. The summed E-state index contributed by atoms with van der Waals surface area (Å²) < 4.78 is 1.96. The monoisotopic (exact) mass is 264 g/mol. The summed E-state index contributed by atoms with van der Waals surface area (Å²) in [6.45, 7) is 2.53. The van der Waals surface area contributed by atoms with Crippen LogP contribution in [0.5, 0.6) is 0 Å². The molecule has 2 heterocycles. The molecule has 2 aromatic rings. The highest BCUT2D eigenvalue weighted by Crippen LogP contribution is 2.32. The second-order valence-electron chi connectivity index (χ2n) is 4.78. The van der Waals surface area contributed by atoms with Crippen molar-refractivity contribution in [2.45, 2.75) is 32.4 Å². The number of imidazole rings is 1. The third kappa shape index (κ3) is 2.48. The molecule has 0 spiro atoms. The maximum absolute atomic E-state index is 11.7. The van der Waals surface area contributed by atoms with Crippen LogP contribution in [0.1, 0.15) is 25.5 Å². The number of urea groups is 1. The molecule has 3 rings (SSSR count). The first-order valence-electron chi connectivity index (χ1n) is 6.18. The normalized spacial score (nSPS) is 16.7. The molecule has 1 aliphatic rings. The summed E-state index contributed by atoms with van der Waals surface area (Å²) in [5.41, 5.74) is 0.885. The maximum Gasteiger partial charge on any atom is 0.315 e. The first-order valence-corrected chi connectivity index (χ1v) is 7.06. The smallest absolute Gasteiger partial charge is 0.315 e. The van der Waals surface area contributed by atoms with Gasteiger partial charge in [-0.3, -0.25) is 4.40 Å². The molecule has 2 aromatic heterocycles. The SMILES string of the molecule is CC(NC(=O)NCc1cn2ccsc2n1)C1CC1. The van der Waals surface area contributed by atoms with E-state index < -0.39 is 0 Å². The lowest BCUT2D eigenvalue weighted by molar-refractivity contribution is 0.236. The summed E-state index contributed by atoms with van der Waals surface area (Å²) in [5.74, 6) is 0.675. The van der Waals surface area contributed by atoms with Gasteiger partial charge in [0.1, 0.15) is 0 Å². The van der Waals surface area contributed by atoms with Crippen LogP contribution in [0.15, 0.2) is 17.8 Å². The average molecular weight is 264 g/mol. The van der Waals surface area contributed by atoms with Crippen molar-refractivity contribution in [1.29, 1.82) is 0 Å². The molecule has 0 aromatic carbocycles. The Morgan fingerprint density at radius 1 is 1.67 bits per heavy atom. The van der Waals surface area contributed by atoms with E-state index in [9.17, 15) is 4.79 Å². The van der Waals surface area contributed by atoms with Gasteiger partial charge < -0.3 is 10.6 Å². The number of hydrogen-bond donors (Lipinski definition) is 2. The summed E-state index contributed by atoms with van der Waals surface area (Å²) in [6.07, 6.45) is 6.37. The Bertz CT molecular complexity index is 529. The molecule has 1 fully saturated rings. The Labute approximate surface area is 109 Å². The van der Waals surface area contributed by atoms with Crippen molar-refractivity contribution in [3.63, 3.8) is 0 Å². The highest BCUT2D eigenvalue weighted by atomic mass is 32.1. The fourth-order valence-electron chi connectivity index (χ4n) is 2.00. The second-order valence-corrected chi connectivity index (χ2v) is 5.65. The van der Waals surface area contributed by atoms with Crippen molar-refractivity contribution in [3.05, 3.63) is 23.5 Å². The summed E-state index contributed by atoms with van der Waals surface area (Å²) >= 11 is 1.59. The minimum atomic E-state index is -0.106. The van der Waals surface area contributed by atoms with E-state index in [1.807, 2.05) is 22.2 Å². The number of nitrogens with zero attached hydrogens (tertiary/aromatic N) is 2. The molecule has 1 saturated carbocycles. The van der Waals surface area contributed by atoms with Gasteiger partial charge >= 0.3 is 6.03 Å². The standard InChI is InChI=1S/C12H16N4OS/c1-8(9-2-3-9)14-11(17)13-6-10-7-16-4-5-18-12(16)15-10/h4-5,7-9H,2-3,6H2,1H3,(H2,13,14,17). The molecule has 0 bridgehead atoms. The van der Waals surface area contributed by atoms with E-state index in [4.69, 9.17) is 0 Å². The topological polar surface area (TPSA) is 58.4 Å². The Morgan fingerprint density at radius 2 is 2.50 bits per heavy atom. The molecule has 1 aliphatic carbocycles. The number of carbonyl (C=O) groups excluding carboxylic acids is 1. The van der Waals surface area contributed by atoms with Crippen LogP contribution in [0.3, 0.4) is 0 Å². The molecular formula is C12H16N4OS. The van der Waals surface area contributed by atoms with E-state index in [-0.39, 0.29) is 12.1 Å². The number of carbonyl (C=O) groups is 1. The zero-order valence-corrected chi connectivity index (χ0v) is 11.0. The van der Waals surface area contributed by atoms with Crippen LogP contribution in [0.4, 0.5) is 4.79 Å². The van der Waals surface area contributed by atoms with E-state index in [0.29, 0.717) is 12.5 Å². The van der Waals surface area contributed by atoms with Crippen LogP contribution < -0.4 is 10.6 Å². The largest absolute Gasteiger partial charge is 0.335 e. The first-order chi connectivity index (χ1) is 8.72. The van der Waals surface area contributed by atoms with E-state index >= 15 is 0 Å². The van der Waals surface area contributed by atoms with Crippen LogP contribution in [0, 0.1) is 5.92 Å². The van der Waals surface area contributed by atoms with Gasteiger partial charge in [-0.2, -0.15) is 0 Å². The van der Waals surface area contributed by atoms with Gasteiger partial charge in [0.25, 0.3) is 0 Å². The zero-order chi connectivity index (χ0) is 12.5. The molecule has 2 amide bonds. The van der Waals surface area contributed by atoms with Gasteiger partial charge in [0.15, 0.2) is 4.96 Å². The molecule has 96 valence electrons. The zero-order valence-electron chi connectivity index (χ0n) is 10.2. The first kappa shape index (κ1) is 11.5. The van der Waals surface area contributed by atoms with Gasteiger partial charge in [-0.1, -0.05) is 0 Å². The molecule has 0 saturated heterocycles. The molecule has 1 atom stereocenters. The number of hydrogen-bond acceptors (Lipinski definition) is 3. The predicted octanol–water partition coefficient (Wildman–Crippen LogP) is 1.99. The number of amides is 2. The van der Waals surface area contributed by atoms with Crippen LogP contribution in [-0.4, -0.2) is 21.5 Å². The summed E-state index contributed by atoms with van der Waals surface area (Å²) in [7, 11) is 0. The predicted molar refractivity (Wildman–Crippen MR) is 70.6 cm³/mol. The van der Waals surface area contributed by atoms with E-state index in [0.717, 1.165) is 10.7 Å². The lowest BCUT2D eigenvalue weighted by atomic mass is 10.2. The van der Waals surface area contributed by atoms with Gasteiger partial charge in [0, 0.05) is 23.8 Å². The Morgan fingerprint density at radius 3 is 3.22 bits per heavy atom. The number of nitrogens with one attached hydrogen (secondary N) is 2.